The van der Waals surface area contributed by atoms with Gasteiger partial charge in [0.2, 0.25) is 0 Å². The molecule has 0 radical (unpaired) electrons. The zero-order valence-electron chi connectivity index (χ0n) is 15.2. The topological polar surface area (TPSA) is 71.4 Å². The van der Waals surface area contributed by atoms with E-state index in [2.05, 4.69) is 6.92 Å². The maximum Gasteiger partial charge on any atom is 0.307 e. The van der Waals surface area contributed by atoms with Crippen molar-refractivity contribution in [1.82, 2.24) is 0 Å². The molecule has 1 N–H and O–H groups in total. The van der Waals surface area contributed by atoms with E-state index >= 15 is 0 Å². The molecule has 1 unspecified atom stereocenters. The number of aliphatic carboxylic acids is 1. The van der Waals surface area contributed by atoms with Crippen LogP contribution >= 0.6 is 0 Å². The second-order valence-electron chi connectivity index (χ2n) is 9.07. The lowest BCUT2D eigenvalue weighted by molar-refractivity contribution is -0.154. The largest absolute Gasteiger partial charge is 0.481 e. The van der Waals surface area contributed by atoms with Crippen LogP contribution in [0.2, 0.25) is 0 Å². The molecule has 0 amide bonds. The predicted molar refractivity (Wildman–Crippen MR) is 92.8 cm³/mol. The highest BCUT2D eigenvalue weighted by Crippen LogP contribution is 2.66. The van der Waals surface area contributed by atoms with Crippen molar-refractivity contribution in [1.29, 1.82) is 0 Å². The Morgan fingerprint density at radius 3 is 2.60 bits per heavy atom. The van der Waals surface area contributed by atoms with Crippen LogP contribution in [0.3, 0.4) is 0 Å². The Morgan fingerprint density at radius 2 is 1.88 bits per heavy atom. The Bertz CT molecular complexity index is 677. The van der Waals surface area contributed by atoms with Crippen LogP contribution in [0, 0.1) is 34.5 Å². The maximum absolute atomic E-state index is 12.5. The average molecular weight is 344 g/mol. The number of rotatable bonds is 2. The standard InChI is InChI=1S/C21H28O4/c1-12(19(24)25)21-10-7-14(22)11-13(21)3-4-15-16-5-6-18(23)20(16,2)9-8-17(15)21/h11-12,15-17H,3-10H2,1-2H3,(H,24,25)/t12?,15-,16-,17-,20-,21-/m0/s1. The van der Waals surface area contributed by atoms with E-state index in [1.807, 2.05) is 6.92 Å². The number of carboxylic acid groups (broad SMARTS) is 1. The molecule has 0 aromatic heterocycles. The second-order valence-corrected chi connectivity index (χ2v) is 9.07. The van der Waals surface area contributed by atoms with Crippen molar-refractivity contribution in [3.05, 3.63) is 11.6 Å². The van der Waals surface area contributed by atoms with Gasteiger partial charge in [0, 0.05) is 23.7 Å². The first-order chi connectivity index (χ1) is 11.8. The first kappa shape index (κ1) is 17.0. The molecular formula is C21H28O4. The Balaban J connectivity index is 1.79. The van der Waals surface area contributed by atoms with Crippen molar-refractivity contribution in [3.8, 4) is 0 Å². The molecule has 0 aromatic rings. The molecule has 3 saturated carbocycles. The summed E-state index contributed by atoms with van der Waals surface area (Å²) in [7, 11) is 0. The molecule has 4 nitrogen and oxygen atoms in total. The molecule has 3 fully saturated rings. The van der Waals surface area contributed by atoms with Crippen LogP contribution in [-0.4, -0.2) is 22.6 Å². The summed E-state index contributed by atoms with van der Waals surface area (Å²) in [6, 6.07) is 0. The molecular weight excluding hydrogens is 316 g/mol. The van der Waals surface area contributed by atoms with Gasteiger partial charge in [-0.15, -0.1) is 0 Å². The van der Waals surface area contributed by atoms with Gasteiger partial charge in [0.1, 0.15) is 5.78 Å². The number of hydrogen-bond donors (Lipinski definition) is 1. The molecule has 0 saturated heterocycles. The zero-order chi connectivity index (χ0) is 18.0. The average Bonchev–Trinajstić information content (AvgIpc) is 2.89. The third-order valence-electron chi connectivity index (χ3n) is 8.42. The summed E-state index contributed by atoms with van der Waals surface area (Å²) in [4.78, 5) is 36.5. The van der Waals surface area contributed by atoms with Crippen molar-refractivity contribution in [2.24, 2.45) is 34.5 Å². The number of Topliss-reactive ketones (excluding diaryl/α,β-unsaturated/α-hetero) is 1. The fourth-order valence-corrected chi connectivity index (χ4v) is 7.08. The van der Waals surface area contributed by atoms with Crippen LogP contribution in [-0.2, 0) is 14.4 Å². The number of carbonyl (C=O) groups is 3. The number of carboxylic acids is 1. The lowest BCUT2D eigenvalue weighted by atomic mass is 9.44. The van der Waals surface area contributed by atoms with Crippen molar-refractivity contribution in [2.45, 2.75) is 65.2 Å². The summed E-state index contributed by atoms with van der Waals surface area (Å²) >= 11 is 0. The molecule has 25 heavy (non-hydrogen) atoms. The SMILES string of the molecule is CC(C(=O)O)[C@@]12CCC(=O)C=C1CC[C@H]1[C@@H]3CCC(=O)[C@@]3(C)CC[C@@H]12. The number of ketones is 2. The molecule has 4 heteroatoms. The summed E-state index contributed by atoms with van der Waals surface area (Å²) in [5.74, 6) is 0.469. The second kappa shape index (κ2) is 5.52. The molecule has 0 aromatic carbocycles. The van der Waals surface area contributed by atoms with Crippen LogP contribution in [0.4, 0.5) is 0 Å². The Hall–Kier alpha value is -1.45. The van der Waals surface area contributed by atoms with E-state index in [0.29, 0.717) is 42.8 Å². The first-order valence-corrected chi connectivity index (χ1v) is 9.80. The molecule has 0 bridgehead atoms. The third kappa shape index (κ3) is 2.15. The van der Waals surface area contributed by atoms with Gasteiger partial charge in [0.15, 0.2) is 5.78 Å². The molecule has 0 aliphatic heterocycles. The molecule has 4 rings (SSSR count). The van der Waals surface area contributed by atoms with Crippen LogP contribution in [0.15, 0.2) is 11.6 Å². The minimum absolute atomic E-state index is 0.151. The van der Waals surface area contributed by atoms with E-state index in [9.17, 15) is 19.5 Å². The fraction of sp³-hybridized carbons (Fsp3) is 0.762. The highest BCUT2D eigenvalue weighted by atomic mass is 16.4. The van der Waals surface area contributed by atoms with Gasteiger partial charge in [-0.1, -0.05) is 19.4 Å². The van der Waals surface area contributed by atoms with Crippen LogP contribution in [0.5, 0.6) is 0 Å². The Morgan fingerprint density at radius 1 is 1.12 bits per heavy atom. The van der Waals surface area contributed by atoms with Crippen molar-refractivity contribution >= 4 is 17.5 Å². The summed E-state index contributed by atoms with van der Waals surface area (Å²) in [5, 5.41) is 9.84. The fourth-order valence-electron chi connectivity index (χ4n) is 7.08. The van der Waals surface area contributed by atoms with Gasteiger partial charge in [-0.05, 0) is 62.4 Å². The molecule has 0 spiro atoms. The minimum Gasteiger partial charge on any atom is -0.481 e. The van der Waals surface area contributed by atoms with E-state index in [1.54, 1.807) is 6.08 Å². The Kier molecular flexibility index (Phi) is 3.75. The van der Waals surface area contributed by atoms with Gasteiger partial charge in [0.05, 0.1) is 5.92 Å². The maximum atomic E-state index is 12.5. The molecule has 136 valence electrons. The molecule has 4 aliphatic carbocycles. The first-order valence-electron chi connectivity index (χ1n) is 9.80. The smallest absolute Gasteiger partial charge is 0.307 e. The lowest BCUT2D eigenvalue weighted by Gasteiger charge is -2.59. The molecule has 6 atom stereocenters. The summed E-state index contributed by atoms with van der Waals surface area (Å²) < 4.78 is 0. The molecule has 0 heterocycles. The zero-order valence-corrected chi connectivity index (χ0v) is 15.2. The highest BCUT2D eigenvalue weighted by Gasteiger charge is 2.62. The number of carbonyl (C=O) groups excluding carboxylic acids is 2. The Labute approximate surface area is 149 Å². The summed E-state index contributed by atoms with van der Waals surface area (Å²) in [6.45, 7) is 3.98. The van der Waals surface area contributed by atoms with Crippen molar-refractivity contribution < 1.29 is 19.5 Å². The number of allylic oxidation sites excluding steroid dienone is 1. The van der Waals surface area contributed by atoms with Gasteiger partial charge < -0.3 is 5.11 Å². The van der Waals surface area contributed by atoms with Gasteiger partial charge in [-0.3, -0.25) is 14.4 Å². The van der Waals surface area contributed by atoms with Crippen LogP contribution < -0.4 is 0 Å². The van der Waals surface area contributed by atoms with Gasteiger partial charge in [0.25, 0.3) is 0 Å². The normalized spacial score (nSPS) is 44.4. The lowest BCUT2D eigenvalue weighted by Crippen LogP contribution is -2.55. The van der Waals surface area contributed by atoms with E-state index in [4.69, 9.17) is 0 Å². The van der Waals surface area contributed by atoms with Crippen molar-refractivity contribution in [2.75, 3.05) is 0 Å². The van der Waals surface area contributed by atoms with Gasteiger partial charge in [-0.2, -0.15) is 0 Å². The predicted octanol–water partition coefficient (Wildman–Crippen LogP) is 3.79. The van der Waals surface area contributed by atoms with Crippen molar-refractivity contribution in [3.63, 3.8) is 0 Å². The van der Waals surface area contributed by atoms with E-state index < -0.39 is 11.9 Å². The monoisotopic (exact) mass is 344 g/mol. The summed E-state index contributed by atoms with van der Waals surface area (Å²) in [6.07, 6.45) is 8.19. The number of fused-ring (bicyclic) bond motifs is 5. The highest BCUT2D eigenvalue weighted by molar-refractivity contribution is 5.92. The van der Waals surface area contributed by atoms with Crippen LogP contribution in [0.1, 0.15) is 65.2 Å². The van der Waals surface area contributed by atoms with Gasteiger partial charge >= 0.3 is 5.97 Å². The number of hydrogen-bond acceptors (Lipinski definition) is 3. The van der Waals surface area contributed by atoms with E-state index in [-0.39, 0.29) is 16.6 Å². The third-order valence-corrected chi connectivity index (χ3v) is 8.42. The quantitative estimate of drug-likeness (QED) is 0.827. The van der Waals surface area contributed by atoms with E-state index in [1.165, 1.54) is 0 Å². The van der Waals surface area contributed by atoms with E-state index in [0.717, 1.165) is 37.7 Å². The minimum atomic E-state index is -0.753. The van der Waals surface area contributed by atoms with Gasteiger partial charge in [-0.25, -0.2) is 0 Å². The summed E-state index contributed by atoms with van der Waals surface area (Å²) in [5.41, 5.74) is 0.517. The molecule has 4 aliphatic rings. The van der Waals surface area contributed by atoms with Crippen LogP contribution in [0.25, 0.3) is 0 Å².